The second-order valence-electron chi connectivity index (χ2n) is 13.9. The van der Waals surface area contributed by atoms with Crippen molar-refractivity contribution in [3.8, 4) is 0 Å². The summed E-state index contributed by atoms with van der Waals surface area (Å²) in [6.45, 7) is 0. The molecule has 0 saturated carbocycles. The van der Waals surface area contributed by atoms with Crippen LogP contribution < -0.4 is 42.4 Å². The van der Waals surface area contributed by atoms with E-state index in [4.69, 9.17) is 5.73 Å². The first-order valence-corrected chi connectivity index (χ1v) is 35.2. The van der Waals surface area contributed by atoms with Gasteiger partial charge < -0.3 is 0 Å². The van der Waals surface area contributed by atoms with E-state index < -0.39 is 22.0 Å². The van der Waals surface area contributed by atoms with E-state index in [1.54, 1.807) is 0 Å². The van der Waals surface area contributed by atoms with E-state index in [2.05, 4.69) is 303 Å². The summed E-state index contributed by atoms with van der Waals surface area (Å²) in [4.78, 5) is 0. The molecule has 0 aromatic heterocycles. The van der Waals surface area contributed by atoms with Crippen molar-refractivity contribution < 1.29 is 0 Å². The van der Waals surface area contributed by atoms with E-state index in [-0.39, 0.29) is 0 Å². The van der Waals surface area contributed by atoms with E-state index >= 15 is 0 Å². The van der Waals surface area contributed by atoms with Crippen molar-refractivity contribution in [3.05, 3.63) is 258 Å². The quantitative estimate of drug-likeness (QED) is 0.0651. The molecule has 0 heterocycles. The minimum absolute atomic E-state index is 1.27. The Labute approximate surface area is 379 Å². The van der Waals surface area contributed by atoms with Crippen LogP contribution in [0.1, 0.15) is 0 Å². The Balaban J connectivity index is 1.73. The molecule has 0 unspecified atom stereocenters. The van der Waals surface area contributed by atoms with Gasteiger partial charge in [-0.1, -0.05) is 0 Å². The summed E-state index contributed by atoms with van der Waals surface area (Å²) in [6.07, 6.45) is 0. The third kappa shape index (κ3) is 8.26. The van der Waals surface area contributed by atoms with Crippen molar-refractivity contribution >= 4 is 125 Å². The zero-order valence-corrected chi connectivity index (χ0v) is 42.4. The molecular weight excluding hydrogens is 1050 g/mol. The molecule has 59 heavy (non-hydrogen) atoms. The molecule has 8 heteroatoms. The van der Waals surface area contributed by atoms with Crippen LogP contribution in [0.5, 0.6) is 0 Å². The Morgan fingerprint density at radius 1 is 0.220 bits per heavy atom. The topological polar surface area (TPSA) is 0 Å². The summed E-state index contributed by atoms with van der Waals surface area (Å²) in [5, 5.41) is 12.7. The van der Waals surface area contributed by atoms with Crippen LogP contribution in [0.4, 0.5) is 0 Å². The van der Waals surface area contributed by atoms with E-state index in [1.807, 2.05) is 0 Å². The second kappa shape index (κ2) is 19.0. The number of hydrogen-bond donors (Lipinski definition) is 0. The van der Waals surface area contributed by atoms with Gasteiger partial charge in [0.25, 0.3) is 0 Å². The van der Waals surface area contributed by atoms with Crippen LogP contribution in [0.3, 0.4) is 0 Å². The summed E-state index contributed by atoms with van der Waals surface area (Å²) >= 11 is 16.2. The summed E-state index contributed by atoms with van der Waals surface area (Å²) in [5.74, 6) is 0. The molecule has 0 fully saturated rings. The summed E-state index contributed by atoms with van der Waals surface area (Å²) < 4.78 is 0. The zero-order chi connectivity index (χ0) is 40.8. The van der Waals surface area contributed by atoms with Gasteiger partial charge in [0.2, 0.25) is 0 Å². The average Bonchev–Trinajstić information content (AvgIpc) is 3.33. The average molecular weight is 1090 g/mol. The van der Waals surface area contributed by atoms with Crippen molar-refractivity contribution in [2.24, 2.45) is 0 Å². The Hall–Kier alpha value is -2.92. The van der Waals surface area contributed by atoms with Crippen LogP contribution in [0.2, 0.25) is 0 Å². The Morgan fingerprint density at radius 3 is 0.458 bits per heavy atom. The molecular formula is C51H40P4Se4. The van der Waals surface area contributed by atoms with Crippen LogP contribution in [0.15, 0.2) is 258 Å². The van der Waals surface area contributed by atoms with Crippen LogP contribution in [0, 0.1) is 0 Å². The molecule has 0 atom stereocenters. The van der Waals surface area contributed by atoms with E-state index in [9.17, 15) is 0 Å². The van der Waals surface area contributed by atoms with Crippen molar-refractivity contribution in [3.63, 3.8) is 0 Å². The monoisotopic (exact) mass is 1100 g/mol. The molecule has 0 aliphatic carbocycles. The first kappa shape index (κ1) is 42.8. The van der Waals surface area contributed by atoms with Gasteiger partial charge >= 0.3 is 383 Å². The van der Waals surface area contributed by atoms with Gasteiger partial charge in [-0.15, -0.1) is 0 Å². The fourth-order valence-corrected chi connectivity index (χ4v) is 44.0. The molecule has 0 aliphatic heterocycles. The number of benzene rings is 8. The molecule has 0 spiro atoms. The van der Waals surface area contributed by atoms with Gasteiger partial charge in [0.15, 0.2) is 0 Å². The molecule has 0 amide bonds. The fraction of sp³-hybridized carbons (Fsp3) is 0. The van der Waals surface area contributed by atoms with Gasteiger partial charge in [0.1, 0.15) is 0 Å². The van der Waals surface area contributed by atoms with E-state index in [1.165, 1.54) is 52.5 Å². The molecule has 0 nitrogen and oxygen atoms in total. The molecule has 0 N–H and O–H groups in total. The molecule has 8 aromatic carbocycles. The van der Waals surface area contributed by atoms with Crippen molar-refractivity contribution in [2.75, 3.05) is 0 Å². The van der Waals surface area contributed by atoms with Crippen LogP contribution >= 0.6 is 22.0 Å². The number of rotatable bonds is 12. The van der Waals surface area contributed by atoms with Crippen molar-refractivity contribution in [1.82, 2.24) is 0 Å². The third-order valence-corrected chi connectivity index (χ3v) is 43.9. The third-order valence-electron chi connectivity index (χ3n) is 10.4. The van der Waals surface area contributed by atoms with Gasteiger partial charge in [0, 0.05) is 0 Å². The Morgan fingerprint density at radius 2 is 0.339 bits per heavy atom. The van der Waals surface area contributed by atoms with Gasteiger partial charge in [-0.3, -0.25) is 0 Å². The summed E-state index contributed by atoms with van der Waals surface area (Å²) in [5.41, 5.74) is -5.73. The normalized spacial score (nSPS) is 11.9. The maximum absolute atomic E-state index is 4.71. The minimum atomic E-state index is -2.61. The van der Waals surface area contributed by atoms with Gasteiger partial charge in [0.05, 0.1) is 0 Å². The molecule has 0 bridgehead atoms. The van der Waals surface area contributed by atoms with Crippen molar-refractivity contribution in [1.29, 1.82) is 0 Å². The standard InChI is InChI=1S/C51H40P4Se4/c56-52(42-25-9-1-10-26-42,43-27-11-2-12-28-43)50(53(57,44-29-13-3-14-30-44)45-31-15-4-16-32-45)41-51(54(58,46-33-17-5-18-34-46)47-35-19-6-20-36-47)55(59,48-37-21-7-22-38-48)49-39-23-8-24-40-49/h1-40H. The van der Waals surface area contributed by atoms with Gasteiger partial charge in [-0.05, 0) is 0 Å². The van der Waals surface area contributed by atoms with Crippen LogP contribution in [0.25, 0.3) is 0 Å². The molecule has 0 radical (unpaired) electrons. The first-order chi connectivity index (χ1) is 28.8. The van der Waals surface area contributed by atoms with Crippen LogP contribution in [-0.4, -0.2) is 60.4 Å². The predicted molar refractivity (Wildman–Crippen MR) is 270 cm³/mol. The molecule has 288 valence electrons. The van der Waals surface area contributed by atoms with E-state index in [0.717, 1.165) is 0 Å². The maximum atomic E-state index is 4.71. The first-order valence-electron chi connectivity index (χ1n) is 19.2. The second-order valence-corrected chi connectivity index (χ2v) is 39.2. The fourth-order valence-electron chi connectivity index (χ4n) is 7.49. The van der Waals surface area contributed by atoms with Crippen LogP contribution in [-0.2, 0) is 0 Å². The molecule has 8 aromatic rings. The molecule has 8 rings (SSSR count). The Kier molecular flexibility index (Phi) is 13.8. The van der Waals surface area contributed by atoms with E-state index in [0.29, 0.717) is 0 Å². The summed E-state index contributed by atoms with van der Waals surface area (Å²) in [7, 11) is 0. The van der Waals surface area contributed by atoms with Crippen molar-refractivity contribution in [2.45, 2.75) is 0 Å². The SMILES string of the molecule is [Se]=P(C(=C=C(P(=[Se])(c1ccccc1)c1ccccc1)P(=[Se])(c1ccccc1)c1ccccc1)P(=[Se])(c1ccccc1)c1ccccc1)(c1ccccc1)c1ccccc1. The van der Waals surface area contributed by atoms with Gasteiger partial charge in [-0.25, -0.2) is 0 Å². The number of hydrogen-bond acceptors (Lipinski definition) is 0. The molecule has 0 aliphatic rings. The Bertz CT molecular complexity index is 2370. The zero-order valence-electron chi connectivity index (χ0n) is 32.0. The molecule has 0 saturated heterocycles. The summed E-state index contributed by atoms with van der Waals surface area (Å²) in [6, 6.07) is 89.2. The predicted octanol–water partition coefficient (Wildman–Crippen LogP) is 9.28. The van der Waals surface area contributed by atoms with Gasteiger partial charge in [-0.2, -0.15) is 0 Å².